The van der Waals surface area contributed by atoms with E-state index in [0.717, 1.165) is 23.3 Å². The Morgan fingerprint density at radius 3 is 2.59 bits per heavy atom. The number of urea groups is 1. The van der Waals surface area contributed by atoms with Gasteiger partial charge in [-0.3, -0.25) is 14.9 Å². The number of nitrogens with two attached hydrogens (primary N) is 1. The molecule has 6 heteroatoms. The summed E-state index contributed by atoms with van der Waals surface area (Å²) >= 11 is 0. The maximum Gasteiger partial charge on any atom is 0.335 e. The Kier molecular flexibility index (Phi) is 3.54. The summed E-state index contributed by atoms with van der Waals surface area (Å²) in [6.07, 6.45) is 2.12. The highest BCUT2D eigenvalue weighted by molar-refractivity contribution is 6.28. The lowest BCUT2D eigenvalue weighted by atomic mass is 10.00. The highest BCUT2D eigenvalue weighted by Crippen LogP contribution is 2.25. The van der Waals surface area contributed by atoms with Crippen LogP contribution in [0, 0.1) is 12.8 Å². The van der Waals surface area contributed by atoms with Crippen LogP contribution in [0.1, 0.15) is 18.4 Å². The van der Waals surface area contributed by atoms with E-state index < -0.39 is 23.8 Å². The molecule has 2 fully saturated rings. The monoisotopic (exact) mass is 300 g/mol. The minimum absolute atomic E-state index is 0.401. The topological polar surface area (TPSA) is 83.1 Å². The number of barbiturate groups is 1. The number of carbonyl (C=O) groups is 3. The van der Waals surface area contributed by atoms with Gasteiger partial charge in [-0.05, 0) is 25.1 Å². The van der Waals surface area contributed by atoms with E-state index in [1.54, 1.807) is 12.1 Å². The van der Waals surface area contributed by atoms with Crippen molar-refractivity contribution < 1.29 is 19.7 Å². The molecule has 2 aliphatic rings. The molecule has 1 atom stereocenters. The van der Waals surface area contributed by atoms with Crippen LogP contribution >= 0.6 is 0 Å². The van der Waals surface area contributed by atoms with Crippen LogP contribution in [0.4, 0.5) is 10.5 Å². The molecule has 0 spiro atoms. The average Bonchev–Trinajstić information content (AvgIpc) is 3.24. The van der Waals surface area contributed by atoms with Gasteiger partial charge in [0.15, 0.2) is 5.92 Å². The lowest BCUT2D eigenvalue weighted by Gasteiger charge is -2.30. The summed E-state index contributed by atoms with van der Waals surface area (Å²) in [5.74, 6) is -2.16. The largest absolute Gasteiger partial charge is 0.335 e. The molecule has 3 N–H and O–H groups in total. The van der Waals surface area contributed by atoms with Gasteiger partial charge in [-0.15, -0.1) is 0 Å². The normalized spacial score (nSPS) is 21.8. The van der Waals surface area contributed by atoms with Crippen molar-refractivity contribution in [3.05, 3.63) is 42.1 Å². The van der Waals surface area contributed by atoms with Gasteiger partial charge in [0.2, 0.25) is 0 Å². The highest BCUT2D eigenvalue weighted by atomic mass is 16.2. The van der Waals surface area contributed by atoms with Crippen molar-refractivity contribution in [3.63, 3.8) is 0 Å². The number of anilines is 1. The standard InChI is InChI=1S/C16H17N3O3/c1-9-5-3-4-6-12(9)19-15(21)13(14(20)18-16(19)22)10(2)17-11-7-8-11/h3-6,11,13,17H,2,7-8H2,1H3,(H,18,20,22)/p+1/t13-/m1/s1. The predicted molar refractivity (Wildman–Crippen MR) is 79.8 cm³/mol. The number of nitrogens with zero attached hydrogens (tertiary/aromatic N) is 1. The van der Waals surface area contributed by atoms with Gasteiger partial charge in [0, 0.05) is 12.8 Å². The molecule has 22 heavy (non-hydrogen) atoms. The zero-order chi connectivity index (χ0) is 15.9. The van der Waals surface area contributed by atoms with Gasteiger partial charge in [-0.1, -0.05) is 18.2 Å². The van der Waals surface area contributed by atoms with E-state index in [-0.39, 0.29) is 0 Å². The van der Waals surface area contributed by atoms with E-state index in [1.807, 2.05) is 24.4 Å². The van der Waals surface area contributed by atoms with Crippen LogP contribution in [0.3, 0.4) is 0 Å². The van der Waals surface area contributed by atoms with Crippen LogP contribution in [0.25, 0.3) is 0 Å². The third-order valence-electron chi connectivity index (χ3n) is 3.96. The van der Waals surface area contributed by atoms with Crippen molar-refractivity contribution in [2.75, 3.05) is 4.90 Å². The van der Waals surface area contributed by atoms with Crippen LogP contribution < -0.4 is 15.5 Å². The fraction of sp³-hybridized carbons (Fsp3) is 0.312. The second-order valence-electron chi connectivity index (χ2n) is 5.77. The van der Waals surface area contributed by atoms with Crippen molar-refractivity contribution in [1.29, 1.82) is 0 Å². The van der Waals surface area contributed by atoms with Gasteiger partial charge in [-0.2, -0.15) is 0 Å². The number of carbonyl (C=O) groups excluding carboxylic acids is 3. The van der Waals surface area contributed by atoms with Crippen LogP contribution in [-0.2, 0) is 9.59 Å². The minimum Gasteiger partial charge on any atom is -0.314 e. The molecule has 1 aromatic carbocycles. The number of imide groups is 2. The molecule has 6 nitrogen and oxygen atoms in total. The summed E-state index contributed by atoms with van der Waals surface area (Å²) in [6, 6.07) is 6.77. The van der Waals surface area contributed by atoms with Crippen molar-refractivity contribution in [2.24, 2.45) is 5.92 Å². The summed E-state index contributed by atoms with van der Waals surface area (Å²) in [5, 5.41) is 4.13. The first-order valence-electron chi connectivity index (χ1n) is 7.27. The van der Waals surface area contributed by atoms with Crippen molar-refractivity contribution in [3.8, 4) is 0 Å². The Hall–Kier alpha value is -2.47. The maximum atomic E-state index is 12.7. The van der Waals surface area contributed by atoms with Crippen LogP contribution in [0.5, 0.6) is 0 Å². The van der Waals surface area contributed by atoms with Gasteiger partial charge in [0.25, 0.3) is 11.8 Å². The smallest absolute Gasteiger partial charge is 0.314 e. The van der Waals surface area contributed by atoms with Crippen LogP contribution in [0.2, 0.25) is 0 Å². The van der Waals surface area contributed by atoms with Crippen LogP contribution in [-0.4, -0.2) is 23.9 Å². The van der Waals surface area contributed by atoms with Crippen LogP contribution in [0.15, 0.2) is 36.5 Å². The molecule has 1 aliphatic heterocycles. The zero-order valence-electron chi connectivity index (χ0n) is 12.3. The third kappa shape index (κ3) is 2.53. The number of rotatable bonds is 4. The van der Waals surface area contributed by atoms with E-state index in [2.05, 4.69) is 11.9 Å². The fourth-order valence-electron chi connectivity index (χ4n) is 2.61. The summed E-state index contributed by atoms with van der Waals surface area (Å²) < 4.78 is 0. The van der Waals surface area contributed by atoms with Crippen molar-refractivity contribution in [1.82, 2.24) is 5.32 Å². The highest BCUT2D eigenvalue weighted by Gasteiger charge is 2.46. The lowest BCUT2D eigenvalue weighted by molar-refractivity contribution is -0.623. The second kappa shape index (κ2) is 5.38. The Balaban J connectivity index is 1.91. The molecule has 1 saturated carbocycles. The molecule has 1 heterocycles. The van der Waals surface area contributed by atoms with Crippen molar-refractivity contribution in [2.45, 2.75) is 25.8 Å². The summed E-state index contributed by atoms with van der Waals surface area (Å²) in [7, 11) is 0. The molecular weight excluding hydrogens is 282 g/mol. The van der Waals surface area contributed by atoms with Crippen molar-refractivity contribution >= 4 is 23.5 Å². The van der Waals surface area contributed by atoms with E-state index in [1.165, 1.54) is 0 Å². The quantitative estimate of drug-likeness (QED) is 0.791. The van der Waals surface area contributed by atoms with Gasteiger partial charge >= 0.3 is 6.03 Å². The number of para-hydroxylation sites is 1. The molecule has 0 unspecified atom stereocenters. The van der Waals surface area contributed by atoms with Gasteiger partial charge in [-0.25, -0.2) is 9.69 Å². The van der Waals surface area contributed by atoms with Gasteiger partial charge < -0.3 is 5.32 Å². The van der Waals surface area contributed by atoms with E-state index in [0.29, 0.717) is 17.4 Å². The Labute approximate surface area is 128 Å². The molecule has 1 saturated heterocycles. The molecular formula is C16H18N3O3+. The molecule has 3 rings (SSSR count). The molecule has 1 aromatic rings. The number of amides is 4. The fourth-order valence-corrected chi connectivity index (χ4v) is 2.61. The molecule has 1 aliphatic carbocycles. The van der Waals surface area contributed by atoms with Gasteiger partial charge in [0.05, 0.1) is 11.7 Å². The lowest BCUT2D eigenvalue weighted by Crippen LogP contribution is -2.86. The number of nitrogens with one attached hydrogen (secondary N) is 1. The predicted octanol–water partition coefficient (Wildman–Crippen LogP) is 0.434. The Morgan fingerprint density at radius 2 is 1.95 bits per heavy atom. The molecule has 4 amide bonds. The number of hydrogen-bond donors (Lipinski definition) is 2. The van der Waals surface area contributed by atoms with E-state index in [4.69, 9.17) is 0 Å². The Bertz CT molecular complexity index is 679. The van der Waals surface area contributed by atoms with E-state index >= 15 is 0 Å². The molecule has 0 aromatic heterocycles. The summed E-state index contributed by atoms with van der Waals surface area (Å²) in [6.45, 7) is 5.67. The average molecular weight is 300 g/mol. The number of quaternary nitrogens is 1. The summed E-state index contributed by atoms with van der Waals surface area (Å²) in [5.41, 5.74) is 1.74. The second-order valence-corrected chi connectivity index (χ2v) is 5.77. The summed E-state index contributed by atoms with van der Waals surface area (Å²) in [4.78, 5) is 37.9. The number of aryl methyl sites for hydroxylation is 1. The maximum absolute atomic E-state index is 12.7. The first kappa shape index (κ1) is 14.5. The number of hydrogen-bond acceptors (Lipinski definition) is 3. The first-order valence-corrected chi connectivity index (χ1v) is 7.27. The Morgan fingerprint density at radius 1 is 1.27 bits per heavy atom. The SMILES string of the molecule is C=C([NH2+]C1CC1)[C@@H]1C(=O)NC(=O)N(c2ccccc2C)C1=O. The molecule has 0 radical (unpaired) electrons. The third-order valence-corrected chi connectivity index (χ3v) is 3.96. The minimum atomic E-state index is -1.03. The first-order chi connectivity index (χ1) is 10.5. The van der Waals surface area contributed by atoms with E-state index in [9.17, 15) is 14.4 Å². The zero-order valence-corrected chi connectivity index (χ0v) is 12.3. The van der Waals surface area contributed by atoms with Gasteiger partial charge in [0.1, 0.15) is 5.70 Å². The molecule has 114 valence electrons. The number of benzene rings is 1. The molecule has 0 bridgehead atoms.